The van der Waals surface area contributed by atoms with Crippen LogP contribution < -0.4 is 5.73 Å². The highest BCUT2D eigenvalue weighted by atomic mass is 19.1. The van der Waals surface area contributed by atoms with Crippen molar-refractivity contribution in [3.8, 4) is 23.3 Å². The maximum absolute atomic E-state index is 13.2. The molecule has 2 aromatic carbocycles. The second-order valence-electron chi connectivity index (χ2n) is 5.11. The Labute approximate surface area is 127 Å². The fraction of sp³-hybridized carbons (Fsp3) is 0.176. The van der Waals surface area contributed by atoms with Gasteiger partial charge in [-0.2, -0.15) is 10.5 Å². The largest absolute Gasteiger partial charge is 0.397 e. The van der Waals surface area contributed by atoms with Gasteiger partial charge < -0.3 is 10.5 Å². The number of halogens is 1. The van der Waals surface area contributed by atoms with E-state index >= 15 is 0 Å². The molecule has 1 heterocycles. The predicted molar refractivity (Wildman–Crippen MR) is 78.9 cm³/mol. The zero-order valence-electron chi connectivity index (χ0n) is 11.9. The lowest BCUT2D eigenvalue weighted by molar-refractivity contribution is 0.0796. The molecule has 0 fully saturated rings. The molecule has 0 bridgehead atoms. The highest BCUT2D eigenvalue weighted by Crippen LogP contribution is 2.44. The van der Waals surface area contributed by atoms with Crippen molar-refractivity contribution in [2.45, 2.75) is 19.6 Å². The van der Waals surface area contributed by atoms with Gasteiger partial charge in [0.1, 0.15) is 18.0 Å². The van der Waals surface area contributed by atoms with Gasteiger partial charge in [0, 0.05) is 11.1 Å². The van der Waals surface area contributed by atoms with Crippen LogP contribution in [0.3, 0.4) is 0 Å². The van der Waals surface area contributed by atoms with Gasteiger partial charge >= 0.3 is 0 Å². The molecule has 0 amide bonds. The van der Waals surface area contributed by atoms with E-state index in [2.05, 4.69) is 12.1 Å². The predicted octanol–water partition coefficient (Wildman–Crippen LogP) is 3.41. The monoisotopic (exact) mass is 293 g/mol. The number of nitrogens with two attached hydrogens (primary N) is 1. The summed E-state index contributed by atoms with van der Waals surface area (Å²) in [5.74, 6) is -0.356. The first-order chi connectivity index (χ1) is 10.6. The number of hydrogen-bond acceptors (Lipinski definition) is 4. The second kappa shape index (κ2) is 5.14. The number of nitrogens with zero attached hydrogens (tertiary/aromatic N) is 2. The van der Waals surface area contributed by atoms with Gasteiger partial charge in [0.2, 0.25) is 0 Å². The van der Waals surface area contributed by atoms with Crippen molar-refractivity contribution in [1.82, 2.24) is 0 Å². The zero-order chi connectivity index (χ0) is 15.9. The van der Waals surface area contributed by atoms with Crippen molar-refractivity contribution in [3.05, 3.63) is 52.3 Å². The molecule has 108 valence electrons. The van der Waals surface area contributed by atoms with Crippen molar-refractivity contribution < 1.29 is 9.13 Å². The normalized spacial score (nSPS) is 15.9. The number of hydrogen-bond donors (Lipinski definition) is 1. The van der Waals surface area contributed by atoms with E-state index in [1.807, 2.05) is 6.92 Å². The average molecular weight is 293 g/mol. The second-order valence-corrected chi connectivity index (χ2v) is 5.11. The Morgan fingerprint density at radius 1 is 1.18 bits per heavy atom. The first-order valence-corrected chi connectivity index (χ1v) is 6.74. The number of anilines is 1. The lowest BCUT2D eigenvalue weighted by Gasteiger charge is -2.15. The van der Waals surface area contributed by atoms with E-state index in [-0.39, 0.29) is 23.2 Å². The minimum Gasteiger partial charge on any atom is -0.397 e. The molecule has 0 aliphatic carbocycles. The van der Waals surface area contributed by atoms with Crippen molar-refractivity contribution in [1.29, 1.82) is 10.5 Å². The molecular formula is C17H12FN3O. The smallest absolute Gasteiger partial charge is 0.123 e. The third-order valence-corrected chi connectivity index (χ3v) is 3.93. The SMILES string of the molecule is CC1OCc2c(-c3ccc(F)cc3)c(C#N)c(N)c(C#N)c21. The first kappa shape index (κ1) is 14.1. The summed E-state index contributed by atoms with van der Waals surface area (Å²) in [5, 5.41) is 18.9. The van der Waals surface area contributed by atoms with Gasteiger partial charge in [-0.15, -0.1) is 0 Å². The molecule has 0 aromatic heterocycles. The fourth-order valence-electron chi connectivity index (χ4n) is 2.90. The van der Waals surface area contributed by atoms with Crippen molar-refractivity contribution >= 4 is 5.69 Å². The van der Waals surface area contributed by atoms with Crippen LogP contribution >= 0.6 is 0 Å². The highest BCUT2D eigenvalue weighted by Gasteiger charge is 2.31. The number of nitrogen functional groups attached to an aromatic ring is 1. The van der Waals surface area contributed by atoms with Crippen LogP contribution in [0, 0.1) is 28.5 Å². The Morgan fingerprint density at radius 2 is 1.82 bits per heavy atom. The minimum atomic E-state index is -0.356. The van der Waals surface area contributed by atoms with Crippen LogP contribution in [0.1, 0.15) is 35.3 Å². The molecule has 0 saturated carbocycles. The number of fused-ring (bicyclic) bond motifs is 1. The van der Waals surface area contributed by atoms with Crippen LogP contribution in [0.15, 0.2) is 24.3 Å². The summed E-state index contributed by atoms with van der Waals surface area (Å²) in [7, 11) is 0. The van der Waals surface area contributed by atoms with E-state index in [9.17, 15) is 14.9 Å². The van der Waals surface area contributed by atoms with Crippen molar-refractivity contribution in [2.24, 2.45) is 0 Å². The summed E-state index contributed by atoms with van der Waals surface area (Å²) in [5.41, 5.74) is 9.52. The molecular weight excluding hydrogens is 281 g/mol. The number of ether oxygens (including phenoxy) is 1. The van der Waals surface area contributed by atoms with E-state index < -0.39 is 0 Å². The number of benzene rings is 2. The lowest BCUT2D eigenvalue weighted by atomic mass is 9.86. The minimum absolute atomic E-state index is 0.153. The van der Waals surface area contributed by atoms with E-state index in [0.29, 0.717) is 23.3 Å². The van der Waals surface area contributed by atoms with Crippen LogP contribution in [0.5, 0.6) is 0 Å². The molecule has 1 aliphatic heterocycles. The van der Waals surface area contributed by atoms with Gasteiger partial charge in [0.05, 0.1) is 29.5 Å². The summed E-state index contributed by atoms with van der Waals surface area (Å²) < 4.78 is 18.8. The van der Waals surface area contributed by atoms with Crippen molar-refractivity contribution in [3.63, 3.8) is 0 Å². The van der Waals surface area contributed by atoms with Crippen LogP contribution in [-0.2, 0) is 11.3 Å². The Morgan fingerprint density at radius 3 is 2.41 bits per heavy atom. The topological polar surface area (TPSA) is 82.8 Å². The Kier molecular flexibility index (Phi) is 3.29. The summed E-state index contributed by atoms with van der Waals surface area (Å²) in [6.07, 6.45) is -0.265. The van der Waals surface area contributed by atoms with Crippen LogP contribution in [-0.4, -0.2) is 0 Å². The molecule has 0 radical (unpaired) electrons. The summed E-state index contributed by atoms with van der Waals surface area (Å²) in [6.45, 7) is 2.14. The standard InChI is InChI=1S/C17H12FN3O/c1-9-15-12(6-19)17(21)13(7-20)16(14(15)8-22-9)10-2-4-11(18)5-3-10/h2-5,9H,8,21H2,1H3. The Bertz CT molecular complexity index is 844. The van der Waals surface area contributed by atoms with E-state index in [0.717, 1.165) is 11.1 Å². The highest BCUT2D eigenvalue weighted by molar-refractivity contribution is 5.85. The van der Waals surface area contributed by atoms with Gasteiger partial charge in [-0.05, 0) is 30.2 Å². The maximum atomic E-state index is 13.2. The molecule has 1 aliphatic rings. The van der Waals surface area contributed by atoms with Gasteiger partial charge in [0.15, 0.2) is 0 Å². The molecule has 0 spiro atoms. The van der Waals surface area contributed by atoms with Crippen LogP contribution in [0.4, 0.5) is 10.1 Å². The van der Waals surface area contributed by atoms with Crippen LogP contribution in [0.25, 0.3) is 11.1 Å². The fourth-order valence-corrected chi connectivity index (χ4v) is 2.90. The maximum Gasteiger partial charge on any atom is 0.123 e. The van der Waals surface area contributed by atoms with Gasteiger partial charge in [-0.25, -0.2) is 4.39 Å². The van der Waals surface area contributed by atoms with Crippen molar-refractivity contribution in [2.75, 3.05) is 5.73 Å². The summed E-state index contributed by atoms with van der Waals surface area (Å²) >= 11 is 0. The summed E-state index contributed by atoms with van der Waals surface area (Å²) in [4.78, 5) is 0. The molecule has 1 unspecified atom stereocenters. The summed E-state index contributed by atoms with van der Waals surface area (Å²) in [6, 6.07) is 10.00. The number of rotatable bonds is 1. The molecule has 4 nitrogen and oxygen atoms in total. The molecule has 2 aromatic rings. The zero-order valence-corrected chi connectivity index (χ0v) is 11.9. The first-order valence-electron chi connectivity index (χ1n) is 6.74. The lowest BCUT2D eigenvalue weighted by Crippen LogP contribution is -2.05. The molecule has 5 heteroatoms. The number of nitriles is 2. The van der Waals surface area contributed by atoms with E-state index in [4.69, 9.17) is 10.5 Å². The molecule has 1 atom stereocenters. The molecule has 2 N–H and O–H groups in total. The van der Waals surface area contributed by atoms with E-state index in [1.165, 1.54) is 12.1 Å². The van der Waals surface area contributed by atoms with Gasteiger partial charge in [-0.1, -0.05) is 12.1 Å². The van der Waals surface area contributed by atoms with E-state index in [1.54, 1.807) is 12.1 Å². The molecule has 22 heavy (non-hydrogen) atoms. The Hall–Kier alpha value is -2.89. The third-order valence-electron chi connectivity index (χ3n) is 3.93. The average Bonchev–Trinajstić information content (AvgIpc) is 2.89. The van der Waals surface area contributed by atoms with Gasteiger partial charge in [-0.3, -0.25) is 0 Å². The Balaban J connectivity index is 2.41. The molecule has 3 rings (SSSR count). The third kappa shape index (κ3) is 1.92. The van der Waals surface area contributed by atoms with Gasteiger partial charge in [0.25, 0.3) is 0 Å². The molecule has 0 saturated heterocycles. The quantitative estimate of drug-likeness (QED) is 0.817. The van der Waals surface area contributed by atoms with Crippen LogP contribution in [0.2, 0.25) is 0 Å².